The monoisotopic (exact) mass is 678 g/mol. The number of hydrogen-bond acceptors (Lipinski definition) is 2. The molecule has 3 nitrogen and oxygen atoms in total. The van der Waals surface area contributed by atoms with Gasteiger partial charge in [0.1, 0.15) is 11.6 Å². The lowest BCUT2D eigenvalue weighted by molar-refractivity contribution is 0.309. The highest BCUT2D eigenvalue weighted by Crippen LogP contribution is 2.39. The first-order valence-corrected chi connectivity index (χ1v) is 17.0. The van der Waals surface area contributed by atoms with E-state index in [0.29, 0.717) is 0 Å². The Labute approximate surface area is 263 Å². The van der Waals surface area contributed by atoms with Crippen LogP contribution < -0.4 is 4.74 Å². The van der Waals surface area contributed by atoms with E-state index in [1.165, 1.54) is 65.6 Å². The van der Waals surface area contributed by atoms with E-state index in [9.17, 15) is 0 Å². The highest BCUT2D eigenvalue weighted by Gasteiger charge is 2.19. The molecular formula is C36H44Br2N2O. The van der Waals surface area contributed by atoms with E-state index in [0.717, 1.165) is 64.0 Å². The Morgan fingerprint density at radius 3 is 1.88 bits per heavy atom. The van der Waals surface area contributed by atoms with Gasteiger partial charge in [0, 0.05) is 31.8 Å². The summed E-state index contributed by atoms with van der Waals surface area (Å²) in [7, 11) is 0. The van der Waals surface area contributed by atoms with Crippen molar-refractivity contribution in [2.75, 3.05) is 6.61 Å². The lowest BCUT2D eigenvalue weighted by Crippen LogP contribution is -2.02. The van der Waals surface area contributed by atoms with E-state index >= 15 is 0 Å². The van der Waals surface area contributed by atoms with Gasteiger partial charge in [0.05, 0.1) is 17.6 Å². The molecule has 1 heterocycles. The summed E-state index contributed by atoms with van der Waals surface area (Å²) in [5.74, 6) is 1.95. The first-order chi connectivity index (χ1) is 20.0. The zero-order valence-corrected chi connectivity index (χ0v) is 28.3. The zero-order valence-electron chi connectivity index (χ0n) is 25.1. The van der Waals surface area contributed by atoms with Gasteiger partial charge in [0.25, 0.3) is 0 Å². The molecule has 0 aliphatic heterocycles. The molecule has 0 aliphatic carbocycles. The van der Waals surface area contributed by atoms with Crippen molar-refractivity contribution in [1.82, 2.24) is 9.55 Å². The van der Waals surface area contributed by atoms with Crippen LogP contribution in [-0.4, -0.2) is 16.2 Å². The molecule has 0 N–H and O–H groups in total. The molecular weight excluding hydrogens is 636 g/mol. The number of unbranched alkanes of at least 4 members (excludes halogenated alkanes) is 6. The normalized spacial score (nSPS) is 11.3. The topological polar surface area (TPSA) is 27.1 Å². The van der Waals surface area contributed by atoms with Crippen molar-refractivity contribution in [2.45, 2.75) is 92.0 Å². The van der Waals surface area contributed by atoms with Crippen LogP contribution in [0, 0.1) is 0 Å². The van der Waals surface area contributed by atoms with Gasteiger partial charge in [-0.1, -0.05) is 117 Å². The molecule has 0 bridgehead atoms. The molecule has 0 unspecified atom stereocenters. The fourth-order valence-electron chi connectivity index (χ4n) is 5.15. The minimum Gasteiger partial charge on any atom is -0.494 e. The second-order valence-electron chi connectivity index (χ2n) is 10.8. The Morgan fingerprint density at radius 2 is 1.24 bits per heavy atom. The highest BCUT2D eigenvalue weighted by atomic mass is 79.9. The van der Waals surface area contributed by atoms with Crippen LogP contribution in [0.2, 0.25) is 0 Å². The third-order valence-corrected chi connectivity index (χ3v) is 8.58. The molecule has 0 atom stereocenters. The summed E-state index contributed by atoms with van der Waals surface area (Å²) in [5, 5.41) is 4.90. The summed E-state index contributed by atoms with van der Waals surface area (Å²) in [6.07, 6.45) is 11.1. The number of rotatable bonds is 12. The van der Waals surface area contributed by atoms with E-state index in [-0.39, 0.29) is 0 Å². The SMILES string of the molecule is CCCC.CCCCCCCn1c(-c2ccc(OCCCC)cc2)nc2c3ccc(Br)cc3c3cc(Br)ccc3c21. The average Bonchev–Trinajstić information content (AvgIpc) is 3.37. The molecule has 0 aliphatic rings. The molecule has 0 saturated carbocycles. The predicted octanol–water partition coefficient (Wildman–Crippen LogP) is 12.5. The summed E-state index contributed by atoms with van der Waals surface area (Å²) in [4.78, 5) is 5.33. The Bertz CT molecular complexity index is 1550. The molecule has 1 aromatic heterocycles. The van der Waals surface area contributed by atoms with Gasteiger partial charge in [-0.05, 0) is 72.1 Å². The molecule has 0 fully saturated rings. The van der Waals surface area contributed by atoms with Crippen LogP contribution >= 0.6 is 31.9 Å². The molecule has 5 rings (SSSR count). The van der Waals surface area contributed by atoms with Gasteiger partial charge in [-0.3, -0.25) is 0 Å². The molecule has 0 saturated heterocycles. The number of fused-ring (bicyclic) bond motifs is 6. The Hall–Kier alpha value is -2.37. The van der Waals surface area contributed by atoms with Crippen molar-refractivity contribution in [1.29, 1.82) is 0 Å². The minimum absolute atomic E-state index is 0.759. The third-order valence-electron chi connectivity index (χ3n) is 7.60. The van der Waals surface area contributed by atoms with Gasteiger partial charge in [0.2, 0.25) is 0 Å². The number of halogens is 2. The Kier molecular flexibility index (Phi) is 12.1. The Balaban J connectivity index is 0.000000909. The zero-order chi connectivity index (χ0) is 29.2. The van der Waals surface area contributed by atoms with E-state index in [4.69, 9.17) is 9.72 Å². The lowest BCUT2D eigenvalue weighted by Gasteiger charge is -2.13. The predicted molar refractivity (Wildman–Crippen MR) is 185 cm³/mol. The molecule has 41 heavy (non-hydrogen) atoms. The van der Waals surface area contributed by atoms with E-state index in [2.05, 4.69) is 125 Å². The molecule has 5 heteroatoms. The standard InChI is InChI=1S/C32H34Br2N2O.C4H10/c1-3-5-7-8-9-18-36-31-27-17-13-24(34)21-29(27)28-20-23(33)12-16-26(28)30(31)35-32(36)22-10-14-25(15-11-22)37-19-6-4-2;1-3-4-2/h10-17,20-21H,3-9,18-19H2,1-2H3;3-4H2,1-2H3. The van der Waals surface area contributed by atoms with Crippen LogP contribution in [0.5, 0.6) is 5.75 Å². The van der Waals surface area contributed by atoms with Crippen molar-refractivity contribution in [3.63, 3.8) is 0 Å². The summed E-state index contributed by atoms with van der Waals surface area (Å²) >= 11 is 7.40. The van der Waals surface area contributed by atoms with Crippen LogP contribution in [-0.2, 0) is 6.54 Å². The van der Waals surface area contributed by atoms with Crippen LogP contribution in [0.3, 0.4) is 0 Å². The summed E-state index contributed by atoms with van der Waals surface area (Å²) in [6.45, 7) is 10.5. The maximum absolute atomic E-state index is 5.93. The first-order valence-electron chi connectivity index (χ1n) is 15.5. The van der Waals surface area contributed by atoms with Crippen LogP contribution in [0.4, 0.5) is 0 Å². The minimum atomic E-state index is 0.759. The van der Waals surface area contributed by atoms with Crippen LogP contribution in [0.15, 0.2) is 69.6 Å². The molecule has 218 valence electrons. The maximum Gasteiger partial charge on any atom is 0.141 e. The van der Waals surface area contributed by atoms with E-state index in [1.807, 2.05) is 0 Å². The first kappa shape index (κ1) is 31.6. The van der Waals surface area contributed by atoms with Gasteiger partial charge in [0.15, 0.2) is 0 Å². The van der Waals surface area contributed by atoms with Gasteiger partial charge in [-0.2, -0.15) is 0 Å². The number of ether oxygens (including phenoxy) is 1. The highest BCUT2D eigenvalue weighted by molar-refractivity contribution is 9.10. The smallest absolute Gasteiger partial charge is 0.141 e. The fraction of sp³-hybridized carbons (Fsp3) is 0.417. The second-order valence-corrected chi connectivity index (χ2v) is 12.6. The number of imidazole rings is 1. The van der Waals surface area contributed by atoms with Gasteiger partial charge in [-0.15, -0.1) is 0 Å². The molecule has 0 spiro atoms. The number of nitrogens with zero attached hydrogens (tertiary/aromatic N) is 2. The van der Waals surface area contributed by atoms with E-state index < -0.39 is 0 Å². The third kappa shape index (κ3) is 7.73. The van der Waals surface area contributed by atoms with E-state index in [1.54, 1.807) is 0 Å². The van der Waals surface area contributed by atoms with Crippen LogP contribution in [0.25, 0.3) is 44.0 Å². The fourth-order valence-corrected chi connectivity index (χ4v) is 5.87. The molecule has 5 aromatic rings. The molecule has 0 radical (unpaired) electrons. The van der Waals surface area contributed by atoms with Crippen molar-refractivity contribution in [2.24, 2.45) is 0 Å². The van der Waals surface area contributed by atoms with Gasteiger partial charge in [-0.25, -0.2) is 4.98 Å². The maximum atomic E-state index is 5.93. The molecule has 0 amide bonds. The number of aromatic nitrogens is 2. The van der Waals surface area contributed by atoms with Crippen molar-refractivity contribution >= 4 is 64.4 Å². The van der Waals surface area contributed by atoms with Crippen molar-refractivity contribution in [3.05, 3.63) is 69.6 Å². The summed E-state index contributed by atoms with van der Waals surface area (Å²) < 4.78 is 10.6. The largest absolute Gasteiger partial charge is 0.494 e. The van der Waals surface area contributed by atoms with Gasteiger partial charge >= 0.3 is 0 Å². The summed E-state index contributed by atoms with van der Waals surface area (Å²) in [5.41, 5.74) is 3.43. The summed E-state index contributed by atoms with van der Waals surface area (Å²) in [6, 6.07) is 21.7. The van der Waals surface area contributed by atoms with Crippen LogP contribution in [0.1, 0.15) is 85.5 Å². The second kappa shape index (κ2) is 15.7. The number of hydrogen-bond donors (Lipinski definition) is 0. The van der Waals surface area contributed by atoms with Crippen molar-refractivity contribution < 1.29 is 4.74 Å². The van der Waals surface area contributed by atoms with Crippen molar-refractivity contribution in [3.8, 4) is 17.1 Å². The van der Waals surface area contributed by atoms with Gasteiger partial charge < -0.3 is 9.30 Å². The average molecular weight is 681 g/mol. The lowest BCUT2D eigenvalue weighted by atomic mass is 10.00. The quantitative estimate of drug-likeness (QED) is 0.0969. The number of benzene rings is 4. The number of aryl methyl sites for hydroxylation is 1. The molecule has 4 aromatic carbocycles. The Morgan fingerprint density at radius 1 is 0.634 bits per heavy atom.